The maximum atomic E-state index is 13.0. The van der Waals surface area contributed by atoms with Gasteiger partial charge in [0.15, 0.2) is 5.65 Å². The number of aromatic nitrogens is 5. The van der Waals surface area contributed by atoms with Crippen LogP contribution in [-0.2, 0) is 12.7 Å². The molecule has 170 valence electrons. The minimum Gasteiger partial charge on any atom is -0.366 e. The molecule has 7 nitrogen and oxygen atoms in total. The van der Waals surface area contributed by atoms with Crippen molar-refractivity contribution in [2.75, 3.05) is 23.3 Å². The molecule has 4 heterocycles. The topological polar surface area (TPSA) is 71.8 Å². The molecule has 1 saturated heterocycles. The first-order chi connectivity index (χ1) is 15.3. The van der Waals surface area contributed by atoms with E-state index < -0.39 is 24.7 Å². The summed E-state index contributed by atoms with van der Waals surface area (Å²) in [7, 11) is 0. The number of nitrogens with one attached hydrogen (secondary N) is 1. The lowest BCUT2D eigenvalue weighted by molar-refractivity contribution is -0.137. The standard InChI is InChI=1S/C20H20F5N7/c21-16(22)10-32-19-15(6-28-32)27-7-17(30-19)29-14-3-11-8-31(9-12(11)4-14)18-5-13(1-2-26-18)20(23,24)25/h1-2,5-7,11-12,14,16H,3-4,8-10H2,(H,29,30). The number of nitrogens with zero attached hydrogens (tertiary/aromatic N) is 6. The predicted octanol–water partition coefficient (Wildman–Crippen LogP) is 3.83. The van der Waals surface area contributed by atoms with E-state index >= 15 is 0 Å². The Balaban J connectivity index is 1.23. The molecule has 1 aliphatic heterocycles. The largest absolute Gasteiger partial charge is 0.416 e. The summed E-state index contributed by atoms with van der Waals surface area (Å²) >= 11 is 0. The fraction of sp³-hybridized carbons (Fsp3) is 0.500. The summed E-state index contributed by atoms with van der Waals surface area (Å²) in [4.78, 5) is 14.7. The molecule has 2 fully saturated rings. The van der Waals surface area contributed by atoms with E-state index in [0.29, 0.717) is 47.7 Å². The van der Waals surface area contributed by atoms with E-state index in [9.17, 15) is 22.0 Å². The minimum atomic E-state index is -4.39. The lowest BCUT2D eigenvalue weighted by Gasteiger charge is -2.21. The van der Waals surface area contributed by atoms with Crippen LogP contribution in [0.25, 0.3) is 11.2 Å². The summed E-state index contributed by atoms with van der Waals surface area (Å²) in [5.41, 5.74) is 0.0539. The molecule has 1 N–H and O–H groups in total. The van der Waals surface area contributed by atoms with E-state index in [2.05, 4.69) is 25.4 Å². The molecule has 3 aromatic heterocycles. The molecule has 0 bridgehead atoms. The van der Waals surface area contributed by atoms with Gasteiger partial charge >= 0.3 is 6.18 Å². The van der Waals surface area contributed by atoms with Gasteiger partial charge in [-0.05, 0) is 36.8 Å². The fourth-order valence-corrected chi connectivity index (χ4v) is 4.76. The highest BCUT2D eigenvalue weighted by molar-refractivity contribution is 5.71. The van der Waals surface area contributed by atoms with Gasteiger partial charge in [0.25, 0.3) is 6.43 Å². The molecule has 0 aromatic carbocycles. The quantitative estimate of drug-likeness (QED) is 0.592. The second-order valence-corrected chi connectivity index (χ2v) is 8.32. The summed E-state index contributed by atoms with van der Waals surface area (Å²) < 4.78 is 65.6. The summed E-state index contributed by atoms with van der Waals surface area (Å²) in [6.45, 7) is 0.737. The Kier molecular flexibility index (Phi) is 5.09. The number of halogens is 5. The van der Waals surface area contributed by atoms with Crippen LogP contribution in [0, 0.1) is 11.8 Å². The first-order valence-corrected chi connectivity index (χ1v) is 10.3. The smallest absolute Gasteiger partial charge is 0.366 e. The van der Waals surface area contributed by atoms with E-state index in [0.717, 1.165) is 29.7 Å². The van der Waals surface area contributed by atoms with Crippen LogP contribution in [0.1, 0.15) is 18.4 Å². The van der Waals surface area contributed by atoms with E-state index in [1.807, 2.05) is 4.90 Å². The molecule has 1 aliphatic carbocycles. The third-order valence-electron chi connectivity index (χ3n) is 6.16. The minimum absolute atomic E-state index is 0.125. The van der Waals surface area contributed by atoms with Crippen LogP contribution in [-0.4, -0.2) is 50.3 Å². The second kappa shape index (κ2) is 7.82. The van der Waals surface area contributed by atoms with Gasteiger partial charge in [0.05, 0.1) is 18.0 Å². The zero-order valence-corrected chi connectivity index (χ0v) is 16.8. The van der Waals surface area contributed by atoms with Crippen LogP contribution in [0.2, 0.25) is 0 Å². The summed E-state index contributed by atoms with van der Waals surface area (Å²) in [6, 6.07) is 2.20. The lowest BCUT2D eigenvalue weighted by Crippen LogP contribution is -2.26. The highest BCUT2D eigenvalue weighted by Gasteiger charge is 2.42. The van der Waals surface area contributed by atoms with Crippen molar-refractivity contribution in [1.29, 1.82) is 0 Å². The number of alkyl halides is 5. The van der Waals surface area contributed by atoms with Gasteiger partial charge in [-0.25, -0.2) is 28.4 Å². The van der Waals surface area contributed by atoms with Gasteiger partial charge < -0.3 is 10.2 Å². The van der Waals surface area contributed by atoms with Crippen molar-refractivity contribution in [3.8, 4) is 0 Å². The first kappa shape index (κ1) is 20.8. The normalized spacial score (nSPS) is 23.3. The Bertz CT molecular complexity index is 1100. The number of hydrogen-bond acceptors (Lipinski definition) is 6. The van der Waals surface area contributed by atoms with Crippen molar-refractivity contribution in [3.63, 3.8) is 0 Å². The van der Waals surface area contributed by atoms with Gasteiger partial charge in [-0.15, -0.1) is 0 Å². The lowest BCUT2D eigenvalue weighted by atomic mass is 10.0. The van der Waals surface area contributed by atoms with Crippen molar-refractivity contribution >= 4 is 22.8 Å². The van der Waals surface area contributed by atoms with E-state index in [1.165, 1.54) is 12.4 Å². The highest BCUT2D eigenvalue weighted by Crippen LogP contribution is 2.41. The Morgan fingerprint density at radius 1 is 1.09 bits per heavy atom. The molecule has 32 heavy (non-hydrogen) atoms. The molecule has 2 atom stereocenters. The summed E-state index contributed by atoms with van der Waals surface area (Å²) in [5.74, 6) is 1.49. The van der Waals surface area contributed by atoms with Gasteiger partial charge in [-0.3, -0.25) is 0 Å². The molecule has 0 radical (unpaired) electrons. The van der Waals surface area contributed by atoms with Gasteiger partial charge in [0.1, 0.15) is 23.7 Å². The predicted molar refractivity (Wildman–Crippen MR) is 106 cm³/mol. The Morgan fingerprint density at radius 2 is 1.84 bits per heavy atom. The maximum Gasteiger partial charge on any atom is 0.416 e. The Morgan fingerprint density at radius 3 is 2.53 bits per heavy atom. The molecular weight excluding hydrogens is 433 g/mol. The third-order valence-corrected chi connectivity index (χ3v) is 6.16. The van der Waals surface area contributed by atoms with Crippen LogP contribution < -0.4 is 10.2 Å². The Labute approximate surface area is 179 Å². The average molecular weight is 453 g/mol. The monoisotopic (exact) mass is 453 g/mol. The molecule has 12 heteroatoms. The Hall–Kier alpha value is -3.05. The number of rotatable bonds is 5. The van der Waals surface area contributed by atoms with Crippen LogP contribution in [0.5, 0.6) is 0 Å². The van der Waals surface area contributed by atoms with E-state index in [-0.39, 0.29) is 6.04 Å². The summed E-state index contributed by atoms with van der Waals surface area (Å²) in [6.07, 6.45) is -1.11. The zero-order valence-electron chi connectivity index (χ0n) is 16.8. The van der Waals surface area contributed by atoms with Crippen molar-refractivity contribution in [1.82, 2.24) is 24.7 Å². The van der Waals surface area contributed by atoms with Crippen molar-refractivity contribution in [2.45, 2.75) is 38.0 Å². The molecule has 1 saturated carbocycles. The summed E-state index contributed by atoms with van der Waals surface area (Å²) in [5, 5.41) is 7.25. The second-order valence-electron chi connectivity index (χ2n) is 8.32. The van der Waals surface area contributed by atoms with Crippen LogP contribution in [0.3, 0.4) is 0 Å². The third kappa shape index (κ3) is 4.05. The van der Waals surface area contributed by atoms with E-state index in [1.54, 1.807) is 6.20 Å². The van der Waals surface area contributed by atoms with E-state index in [4.69, 9.17) is 0 Å². The molecule has 5 rings (SSSR count). The molecule has 3 aromatic rings. The number of hydrogen-bond donors (Lipinski definition) is 1. The SMILES string of the molecule is FC(F)Cn1ncc2ncc(NC3CC4CN(c5cc(C(F)(F)F)ccn5)CC4C3)nc21. The fourth-order valence-electron chi connectivity index (χ4n) is 4.76. The highest BCUT2D eigenvalue weighted by atomic mass is 19.4. The maximum absolute atomic E-state index is 13.0. The average Bonchev–Trinajstić information content (AvgIpc) is 3.41. The zero-order chi connectivity index (χ0) is 22.5. The van der Waals surface area contributed by atoms with Gasteiger partial charge in [-0.2, -0.15) is 18.3 Å². The number of pyridine rings is 1. The number of fused-ring (bicyclic) bond motifs is 2. The first-order valence-electron chi connectivity index (χ1n) is 10.3. The van der Waals surface area contributed by atoms with Gasteiger partial charge in [0, 0.05) is 25.3 Å². The van der Waals surface area contributed by atoms with Crippen molar-refractivity contribution in [2.24, 2.45) is 11.8 Å². The molecule has 0 spiro atoms. The van der Waals surface area contributed by atoms with Crippen molar-refractivity contribution < 1.29 is 22.0 Å². The molecule has 2 unspecified atom stereocenters. The number of anilines is 2. The van der Waals surface area contributed by atoms with Gasteiger partial charge in [0.2, 0.25) is 0 Å². The molecule has 0 amide bonds. The molecule has 2 aliphatic rings. The molecular formula is C20H20F5N7. The van der Waals surface area contributed by atoms with Crippen molar-refractivity contribution in [3.05, 3.63) is 36.3 Å². The van der Waals surface area contributed by atoms with Crippen LogP contribution in [0.4, 0.5) is 33.6 Å². The van der Waals surface area contributed by atoms with Crippen LogP contribution >= 0.6 is 0 Å². The van der Waals surface area contributed by atoms with Gasteiger partial charge in [-0.1, -0.05) is 0 Å². The van der Waals surface area contributed by atoms with Crippen LogP contribution in [0.15, 0.2) is 30.7 Å².